The van der Waals surface area contributed by atoms with E-state index >= 15 is 0 Å². The van der Waals surface area contributed by atoms with Crippen molar-refractivity contribution in [1.29, 1.82) is 0 Å². The summed E-state index contributed by atoms with van der Waals surface area (Å²) in [6.45, 7) is -1.16. The molecule has 0 spiro atoms. The SMILES string of the molecule is NCC(=O)NC(CC(N)=O)C(=O)NCC(=O)NC(CC(=O)O)C(=O)O. The Kier molecular flexibility index (Phi) is 9.18. The summed E-state index contributed by atoms with van der Waals surface area (Å²) in [6, 6.07) is -3.05. The number of nitrogens with two attached hydrogens (primary N) is 2. The molecular formula is C12H19N5O8. The predicted octanol–water partition coefficient (Wildman–Crippen LogP) is -4.53. The molecule has 0 bridgehead atoms. The number of rotatable bonds is 11. The maximum absolute atomic E-state index is 11.9. The highest BCUT2D eigenvalue weighted by molar-refractivity contribution is 5.94. The van der Waals surface area contributed by atoms with Crippen molar-refractivity contribution in [1.82, 2.24) is 16.0 Å². The Balaban J connectivity index is 4.67. The van der Waals surface area contributed by atoms with Gasteiger partial charge < -0.3 is 37.6 Å². The third-order valence-corrected chi connectivity index (χ3v) is 2.68. The van der Waals surface area contributed by atoms with E-state index in [9.17, 15) is 28.8 Å². The zero-order valence-electron chi connectivity index (χ0n) is 13.0. The molecule has 0 aromatic heterocycles. The average Bonchev–Trinajstić information content (AvgIpc) is 2.50. The van der Waals surface area contributed by atoms with Crippen LogP contribution in [0.5, 0.6) is 0 Å². The second-order valence-electron chi connectivity index (χ2n) is 4.77. The molecule has 0 aromatic rings. The van der Waals surface area contributed by atoms with Crippen molar-refractivity contribution in [3.63, 3.8) is 0 Å². The van der Waals surface area contributed by atoms with Crippen molar-refractivity contribution >= 4 is 35.6 Å². The molecule has 0 saturated heterocycles. The Bertz CT molecular complexity index is 564. The Hall–Kier alpha value is -3.22. The number of nitrogens with one attached hydrogen (secondary N) is 3. The molecule has 0 radical (unpaired) electrons. The number of carbonyl (C=O) groups is 6. The smallest absolute Gasteiger partial charge is 0.326 e. The van der Waals surface area contributed by atoms with Crippen LogP contribution in [0.1, 0.15) is 12.8 Å². The van der Waals surface area contributed by atoms with Gasteiger partial charge in [-0.05, 0) is 0 Å². The molecule has 0 rings (SSSR count). The third kappa shape index (κ3) is 9.50. The van der Waals surface area contributed by atoms with Crippen LogP contribution in [0.2, 0.25) is 0 Å². The van der Waals surface area contributed by atoms with E-state index in [1.54, 1.807) is 0 Å². The van der Waals surface area contributed by atoms with Crippen molar-refractivity contribution in [2.75, 3.05) is 13.1 Å². The molecule has 4 amide bonds. The largest absolute Gasteiger partial charge is 0.481 e. The first-order chi connectivity index (χ1) is 11.6. The summed E-state index contributed by atoms with van der Waals surface area (Å²) in [7, 11) is 0. The number of aliphatic carboxylic acids is 2. The van der Waals surface area contributed by atoms with Gasteiger partial charge in [0, 0.05) is 0 Å². The van der Waals surface area contributed by atoms with E-state index < -0.39 is 73.6 Å². The summed E-state index contributed by atoms with van der Waals surface area (Å²) < 4.78 is 0. The summed E-state index contributed by atoms with van der Waals surface area (Å²) in [5.41, 5.74) is 10.0. The summed E-state index contributed by atoms with van der Waals surface area (Å²) in [5.74, 6) is -6.55. The van der Waals surface area contributed by atoms with Gasteiger partial charge in [0.15, 0.2) is 0 Å². The first-order valence-corrected chi connectivity index (χ1v) is 6.86. The van der Waals surface area contributed by atoms with Crippen molar-refractivity contribution in [3.05, 3.63) is 0 Å². The van der Waals surface area contributed by atoms with E-state index in [0.717, 1.165) is 0 Å². The second-order valence-corrected chi connectivity index (χ2v) is 4.77. The molecule has 0 saturated carbocycles. The van der Waals surface area contributed by atoms with Crippen LogP contribution in [0, 0.1) is 0 Å². The van der Waals surface area contributed by atoms with Crippen LogP contribution < -0.4 is 27.4 Å². The number of hydrogen-bond donors (Lipinski definition) is 7. The van der Waals surface area contributed by atoms with E-state index in [1.165, 1.54) is 0 Å². The Morgan fingerprint density at radius 1 is 0.880 bits per heavy atom. The molecule has 0 fully saturated rings. The average molecular weight is 361 g/mol. The molecule has 9 N–H and O–H groups in total. The van der Waals surface area contributed by atoms with Crippen molar-refractivity contribution in [2.24, 2.45) is 11.5 Å². The van der Waals surface area contributed by atoms with Crippen molar-refractivity contribution in [3.8, 4) is 0 Å². The Morgan fingerprint density at radius 3 is 1.88 bits per heavy atom. The summed E-state index contributed by atoms with van der Waals surface area (Å²) >= 11 is 0. The molecule has 13 heteroatoms. The van der Waals surface area contributed by atoms with Gasteiger partial charge in [0.05, 0.1) is 25.9 Å². The lowest BCUT2D eigenvalue weighted by atomic mass is 10.1. The van der Waals surface area contributed by atoms with E-state index in [4.69, 9.17) is 21.7 Å². The predicted molar refractivity (Wildman–Crippen MR) is 79.6 cm³/mol. The number of primary amides is 1. The zero-order valence-corrected chi connectivity index (χ0v) is 13.0. The van der Waals surface area contributed by atoms with Gasteiger partial charge in [0.1, 0.15) is 12.1 Å². The molecular weight excluding hydrogens is 342 g/mol. The fourth-order valence-electron chi connectivity index (χ4n) is 1.57. The number of carboxylic acid groups (broad SMARTS) is 2. The quantitative estimate of drug-likeness (QED) is 0.187. The van der Waals surface area contributed by atoms with Crippen LogP contribution in [0.3, 0.4) is 0 Å². The summed E-state index contributed by atoms with van der Waals surface area (Å²) in [6.07, 6.45) is -1.40. The van der Waals surface area contributed by atoms with Gasteiger partial charge in [-0.3, -0.25) is 24.0 Å². The standard InChI is InChI=1S/C12H19N5O8/c13-3-8(19)16-5(1-7(14)18)11(23)15-4-9(20)17-6(12(24)25)2-10(21)22/h5-6H,1-4,13H2,(H2,14,18)(H,15,23)(H,16,19)(H,17,20)(H,21,22)(H,24,25). The van der Waals surface area contributed by atoms with E-state index in [-0.39, 0.29) is 0 Å². The highest BCUT2D eigenvalue weighted by Gasteiger charge is 2.25. The molecule has 0 aliphatic heterocycles. The highest BCUT2D eigenvalue weighted by Crippen LogP contribution is 1.94. The lowest BCUT2D eigenvalue weighted by Gasteiger charge is -2.17. The monoisotopic (exact) mass is 361 g/mol. The maximum Gasteiger partial charge on any atom is 0.326 e. The van der Waals surface area contributed by atoms with Gasteiger partial charge in [-0.1, -0.05) is 0 Å². The Labute approximate surface area is 141 Å². The van der Waals surface area contributed by atoms with Crippen LogP contribution in [0.25, 0.3) is 0 Å². The Morgan fingerprint density at radius 2 is 1.44 bits per heavy atom. The topological polar surface area (TPSA) is 231 Å². The van der Waals surface area contributed by atoms with E-state index in [0.29, 0.717) is 0 Å². The lowest BCUT2D eigenvalue weighted by molar-refractivity contribution is -0.147. The third-order valence-electron chi connectivity index (χ3n) is 2.68. The van der Waals surface area contributed by atoms with Crippen LogP contribution in [0.4, 0.5) is 0 Å². The number of carbonyl (C=O) groups excluding carboxylic acids is 4. The van der Waals surface area contributed by atoms with Gasteiger partial charge in [-0.2, -0.15) is 0 Å². The minimum atomic E-state index is -1.68. The van der Waals surface area contributed by atoms with Crippen LogP contribution in [-0.4, -0.2) is 71.0 Å². The normalized spacial score (nSPS) is 12.4. The molecule has 13 nitrogen and oxygen atoms in total. The summed E-state index contributed by atoms with van der Waals surface area (Å²) in [4.78, 5) is 66.9. The van der Waals surface area contributed by atoms with Gasteiger partial charge in [-0.15, -0.1) is 0 Å². The zero-order chi connectivity index (χ0) is 19.6. The fraction of sp³-hybridized carbons (Fsp3) is 0.500. The lowest BCUT2D eigenvalue weighted by Crippen LogP contribution is -2.52. The molecule has 2 unspecified atom stereocenters. The molecule has 25 heavy (non-hydrogen) atoms. The first-order valence-electron chi connectivity index (χ1n) is 6.86. The second kappa shape index (κ2) is 10.5. The molecule has 140 valence electrons. The van der Waals surface area contributed by atoms with Gasteiger partial charge >= 0.3 is 11.9 Å². The van der Waals surface area contributed by atoms with Crippen LogP contribution in [-0.2, 0) is 28.8 Å². The van der Waals surface area contributed by atoms with E-state index in [1.807, 2.05) is 5.32 Å². The van der Waals surface area contributed by atoms with E-state index in [2.05, 4.69) is 10.6 Å². The number of amides is 4. The van der Waals surface area contributed by atoms with Gasteiger partial charge in [-0.25, -0.2) is 4.79 Å². The van der Waals surface area contributed by atoms with Gasteiger partial charge in [0.25, 0.3) is 0 Å². The highest BCUT2D eigenvalue weighted by atomic mass is 16.4. The van der Waals surface area contributed by atoms with Gasteiger partial charge in [0.2, 0.25) is 23.6 Å². The number of hydrogen-bond acceptors (Lipinski definition) is 7. The maximum atomic E-state index is 11.9. The molecule has 2 atom stereocenters. The number of carboxylic acids is 2. The van der Waals surface area contributed by atoms with Crippen LogP contribution in [0.15, 0.2) is 0 Å². The van der Waals surface area contributed by atoms with Crippen LogP contribution >= 0.6 is 0 Å². The molecule has 0 aromatic carbocycles. The molecule has 0 aliphatic rings. The minimum Gasteiger partial charge on any atom is -0.481 e. The minimum absolute atomic E-state index is 0.446. The fourth-order valence-corrected chi connectivity index (χ4v) is 1.57. The van der Waals surface area contributed by atoms with Crippen molar-refractivity contribution in [2.45, 2.75) is 24.9 Å². The molecule has 0 heterocycles. The van der Waals surface area contributed by atoms with Crippen molar-refractivity contribution < 1.29 is 39.0 Å². The molecule has 0 aliphatic carbocycles. The first kappa shape index (κ1) is 21.8. The summed E-state index contributed by atoms with van der Waals surface area (Å²) in [5, 5.41) is 23.4.